The van der Waals surface area contributed by atoms with Gasteiger partial charge in [0.1, 0.15) is 5.82 Å². The number of amides is 1. The highest BCUT2D eigenvalue weighted by Crippen LogP contribution is 2.39. The summed E-state index contributed by atoms with van der Waals surface area (Å²) in [7, 11) is 1.52. The van der Waals surface area contributed by atoms with Gasteiger partial charge in [-0.15, -0.1) is 0 Å². The molecular weight excluding hydrogens is 308 g/mol. The number of aromatic nitrogens is 2. The Kier molecular flexibility index (Phi) is 4.63. The highest BCUT2D eigenvalue weighted by Gasteiger charge is 2.53. The van der Waals surface area contributed by atoms with Gasteiger partial charge < -0.3 is 19.4 Å². The lowest BCUT2D eigenvalue weighted by Crippen LogP contribution is -2.49. The summed E-state index contributed by atoms with van der Waals surface area (Å²) in [6, 6.07) is -0.506. The molecule has 1 aromatic rings. The van der Waals surface area contributed by atoms with Crippen LogP contribution in [0.2, 0.25) is 0 Å². The Hall–Kier alpha value is -1.54. The molecule has 3 heterocycles. The first-order chi connectivity index (χ1) is 11.0. The average molecular weight is 329 g/mol. The van der Waals surface area contributed by atoms with Crippen molar-refractivity contribution in [3.63, 3.8) is 0 Å². The molecule has 1 amide bonds. The number of carbonyl (C=O) groups is 1. The number of methoxy groups -OCH3 is 1. The van der Waals surface area contributed by atoms with Crippen molar-refractivity contribution in [2.75, 3.05) is 26.9 Å². The molecule has 2 aliphatic rings. The van der Waals surface area contributed by atoms with Crippen LogP contribution in [0.4, 0.5) is 8.78 Å². The number of aromatic amines is 1. The first kappa shape index (κ1) is 16.3. The van der Waals surface area contributed by atoms with E-state index in [0.717, 1.165) is 0 Å². The van der Waals surface area contributed by atoms with Crippen LogP contribution in [0.25, 0.3) is 0 Å². The van der Waals surface area contributed by atoms with Gasteiger partial charge in [0, 0.05) is 51.6 Å². The van der Waals surface area contributed by atoms with Crippen molar-refractivity contribution in [2.24, 2.45) is 5.92 Å². The van der Waals surface area contributed by atoms with Gasteiger partial charge in [0.25, 0.3) is 5.91 Å². The van der Waals surface area contributed by atoms with E-state index < -0.39 is 23.8 Å². The third kappa shape index (κ3) is 3.10. The van der Waals surface area contributed by atoms with E-state index in [1.807, 2.05) is 0 Å². The smallest absolute Gasteiger partial charge is 0.327 e. The zero-order chi connectivity index (χ0) is 16.4. The monoisotopic (exact) mass is 329 g/mol. The van der Waals surface area contributed by atoms with Crippen molar-refractivity contribution >= 4 is 5.91 Å². The summed E-state index contributed by atoms with van der Waals surface area (Å²) >= 11 is 0. The lowest BCUT2D eigenvalue weighted by Gasteiger charge is -2.33. The zero-order valence-electron chi connectivity index (χ0n) is 13.0. The molecule has 0 radical (unpaired) electrons. The highest BCUT2D eigenvalue weighted by molar-refractivity contribution is 5.84. The standard InChI is InChI=1S/C15H21F2N3O3/c1-22-11-8-12(13-18-4-5-19-13)20(9-11)14(21)15(16,17)10-2-6-23-7-3-10/h4-5,10-12H,2-3,6-9H2,1H3,(H,18,19)/t11-,12?/m1/s1. The quantitative estimate of drug-likeness (QED) is 0.914. The van der Waals surface area contributed by atoms with Crippen LogP contribution in [0, 0.1) is 5.92 Å². The number of H-pyrrole nitrogens is 1. The second-order valence-electron chi connectivity index (χ2n) is 6.05. The molecule has 2 fully saturated rings. The van der Waals surface area contributed by atoms with E-state index in [-0.39, 0.29) is 38.7 Å². The maximum absolute atomic E-state index is 14.7. The van der Waals surface area contributed by atoms with E-state index in [1.165, 1.54) is 12.0 Å². The number of ether oxygens (including phenoxy) is 2. The zero-order valence-corrected chi connectivity index (χ0v) is 13.0. The molecule has 1 aromatic heterocycles. The molecule has 0 aromatic carbocycles. The Bertz CT molecular complexity index is 532. The molecular formula is C15H21F2N3O3. The maximum Gasteiger partial charge on any atom is 0.327 e. The van der Waals surface area contributed by atoms with Crippen molar-refractivity contribution in [3.8, 4) is 0 Å². The summed E-state index contributed by atoms with van der Waals surface area (Å²) in [6.07, 6.45) is 3.76. The number of rotatable bonds is 4. The van der Waals surface area contributed by atoms with Crippen LogP contribution in [-0.4, -0.2) is 59.7 Å². The number of hydrogen-bond acceptors (Lipinski definition) is 4. The number of alkyl halides is 2. The van der Waals surface area contributed by atoms with E-state index in [9.17, 15) is 13.6 Å². The summed E-state index contributed by atoms with van der Waals surface area (Å²) in [6.45, 7) is 0.700. The van der Waals surface area contributed by atoms with Crippen LogP contribution >= 0.6 is 0 Å². The van der Waals surface area contributed by atoms with E-state index in [2.05, 4.69) is 9.97 Å². The molecule has 1 unspecified atom stereocenters. The lowest BCUT2D eigenvalue weighted by atomic mass is 9.92. The fraction of sp³-hybridized carbons (Fsp3) is 0.733. The maximum atomic E-state index is 14.7. The molecule has 128 valence electrons. The molecule has 0 spiro atoms. The number of hydrogen-bond donors (Lipinski definition) is 1. The third-order valence-electron chi connectivity index (χ3n) is 4.71. The first-order valence-electron chi connectivity index (χ1n) is 7.82. The van der Waals surface area contributed by atoms with Crippen molar-refractivity contribution in [2.45, 2.75) is 37.3 Å². The highest BCUT2D eigenvalue weighted by atomic mass is 19.3. The molecule has 6 nitrogen and oxygen atoms in total. The number of nitrogens with zero attached hydrogens (tertiary/aromatic N) is 2. The van der Waals surface area contributed by atoms with Gasteiger partial charge in [0.15, 0.2) is 0 Å². The third-order valence-corrected chi connectivity index (χ3v) is 4.71. The molecule has 0 saturated carbocycles. The van der Waals surface area contributed by atoms with E-state index in [4.69, 9.17) is 9.47 Å². The molecule has 0 bridgehead atoms. The van der Waals surface area contributed by atoms with E-state index >= 15 is 0 Å². The molecule has 2 aliphatic heterocycles. The minimum Gasteiger partial charge on any atom is -0.381 e. The Morgan fingerprint density at radius 2 is 2.22 bits per heavy atom. The van der Waals surface area contributed by atoms with Crippen LogP contribution in [0.3, 0.4) is 0 Å². The Morgan fingerprint density at radius 1 is 1.48 bits per heavy atom. The molecule has 23 heavy (non-hydrogen) atoms. The largest absolute Gasteiger partial charge is 0.381 e. The van der Waals surface area contributed by atoms with Gasteiger partial charge >= 0.3 is 5.92 Å². The topological polar surface area (TPSA) is 67.5 Å². The Labute approximate surface area is 133 Å². The van der Waals surface area contributed by atoms with Gasteiger partial charge in [-0.25, -0.2) is 4.98 Å². The minimum absolute atomic E-state index is 0.152. The van der Waals surface area contributed by atoms with Crippen LogP contribution in [0.15, 0.2) is 12.4 Å². The van der Waals surface area contributed by atoms with Gasteiger partial charge in [0.05, 0.1) is 12.1 Å². The Balaban J connectivity index is 1.80. The summed E-state index contributed by atoms with van der Waals surface area (Å²) in [5.41, 5.74) is 0. The predicted octanol–water partition coefficient (Wildman–Crippen LogP) is 1.76. The van der Waals surface area contributed by atoms with Crippen LogP contribution in [-0.2, 0) is 14.3 Å². The molecule has 2 saturated heterocycles. The van der Waals surface area contributed by atoms with Crippen LogP contribution < -0.4 is 0 Å². The van der Waals surface area contributed by atoms with Gasteiger partial charge in [-0.3, -0.25) is 4.79 Å². The van der Waals surface area contributed by atoms with Gasteiger partial charge in [0.2, 0.25) is 0 Å². The summed E-state index contributed by atoms with van der Waals surface area (Å²) in [5.74, 6) is -4.98. The van der Waals surface area contributed by atoms with Crippen molar-refractivity contribution in [3.05, 3.63) is 18.2 Å². The molecule has 2 atom stereocenters. The minimum atomic E-state index is -3.39. The Morgan fingerprint density at radius 3 is 2.83 bits per heavy atom. The lowest BCUT2D eigenvalue weighted by molar-refractivity contribution is -0.172. The fourth-order valence-electron chi connectivity index (χ4n) is 3.34. The molecule has 1 N–H and O–H groups in total. The number of halogens is 2. The summed E-state index contributed by atoms with van der Waals surface area (Å²) in [5, 5.41) is 0. The first-order valence-corrected chi connectivity index (χ1v) is 7.82. The predicted molar refractivity (Wildman–Crippen MR) is 76.9 cm³/mol. The normalized spacial score (nSPS) is 26.7. The van der Waals surface area contributed by atoms with Crippen molar-refractivity contribution in [1.29, 1.82) is 0 Å². The van der Waals surface area contributed by atoms with Gasteiger partial charge in [-0.2, -0.15) is 8.78 Å². The van der Waals surface area contributed by atoms with E-state index in [0.29, 0.717) is 12.2 Å². The molecule has 8 heteroatoms. The van der Waals surface area contributed by atoms with Gasteiger partial charge in [-0.05, 0) is 12.8 Å². The number of imidazole rings is 1. The molecule has 0 aliphatic carbocycles. The van der Waals surface area contributed by atoms with E-state index in [1.54, 1.807) is 12.4 Å². The SMILES string of the molecule is CO[C@@H]1CC(c2ncc[nH]2)N(C(=O)C(F)(F)C2CCOCC2)C1. The van der Waals surface area contributed by atoms with Gasteiger partial charge in [-0.1, -0.05) is 0 Å². The molecule has 3 rings (SSSR count). The summed E-state index contributed by atoms with van der Waals surface area (Å²) in [4.78, 5) is 20.8. The van der Waals surface area contributed by atoms with Crippen molar-refractivity contribution < 1.29 is 23.0 Å². The fourth-order valence-corrected chi connectivity index (χ4v) is 3.34. The van der Waals surface area contributed by atoms with Crippen LogP contribution in [0.1, 0.15) is 31.1 Å². The number of likely N-dealkylation sites (tertiary alicyclic amines) is 1. The van der Waals surface area contributed by atoms with Crippen molar-refractivity contribution in [1.82, 2.24) is 14.9 Å². The number of carbonyl (C=O) groups excluding carboxylic acids is 1. The number of nitrogens with one attached hydrogen (secondary N) is 1. The second kappa shape index (κ2) is 6.52. The second-order valence-corrected chi connectivity index (χ2v) is 6.05. The average Bonchev–Trinajstić information content (AvgIpc) is 3.23. The summed E-state index contributed by atoms with van der Waals surface area (Å²) < 4.78 is 39.8. The van der Waals surface area contributed by atoms with Crippen LogP contribution in [0.5, 0.6) is 0 Å².